The number of benzene rings is 1. The monoisotopic (exact) mass is 314 g/mol. The van der Waals surface area contributed by atoms with Gasteiger partial charge in [0.2, 0.25) is 0 Å². The Hall–Kier alpha value is -1.69. The zero-order valence-electron chi connectivity index (χ0n) is 14.0. The van der Waals surface area contributed by atoms with E-state index in [0.29, 0.717) is 12.6 Å². The smallest absolute Gasteiger partial charge is 0.122 e. The fraction of sp³-hybridized carbons (Fsp3) is 0.500. The van der Waals surface area contributed by atoms with Gasteiger partial charge in [-0.1, -0.05) is 30.3 Å². The average molecular weight is 314 g/mol. The molecule has 23 heavy (non-hydrogen) atoms. The Labute approximate surface area is 138 Å². The van der Waals surface area contributed by atoms with Gasteiger partial charge in [-0.2, -0.15) is 0 Å². The molecule has 5 heteroatoms. The van der Waals surface area contributed by atoms with Crippen molar-refractivity contribution in [3.8, 4) is 0 Å². The van der Waals surface area contributed by atoms with Crippen LogP contribution in [0, 0.1) is 0 Å². The molecule has 1 N–H and O–H groups in total. The number of rotatable bonds is 5. The van der Waals surface area contributed by atoms with Crippen LogP contribution in [-0.2, 0) is 13.6 Å². The Bertz CT molecular complexity index is 612. The number of imidazole rings is 1. The number of aromatic nitrogens is 2. The summed E-state index contributed by atoms with van der Waals surface area (Å²) < 4.78 is 2.08. The fourth-order valence-corrected chi connectivity index (χ4v) is 3.23. The van der Waals surface area contributed by atoms with Crippen molar-refractivity contribution >= 4 is 0 Å². The predicted octanol–water partition coefficient (Wildman–Crippen LogP) is 1.66. The lowest BCUT2D eigenvalue weighted by Crippen LogP contribution is -2.52. The standard InChI is InChI=1S/C18H26N4O/c1-15-12-21(13-17(23)16-6-4-3-5-7-16)10-11-22(15)14-18-19-8-9-20(18)2/h3-9,15,17,23H,10-14H2,1-2H3/t15-,17-/m1/s1. The molecule has 1 fully saturated rings. The van der Waals surface area contributed by atoms with Crippen LogP contribution in [-0.4, -0.2) is 56.7 Å². The number of hydrogen-bond donors (Lipinski definition) is 1. The van der Waals surface area contributed by atoms with Gasteiger partial charge < -0.3 is 9.67 Å². The third kappa shape index (κ3) is 3.99. The van der Waals surface area contributed by atoms with Crippen LogP contribution in [0.4, 0.5) is 0 Å². The molecule has 2 atom stereocenters. The molecule has 3 rings (SSSR count). The van der Waals surface area contributed by atoms with Crippen LogP contribution in [0.2, 0.25) is 0 Å². The Morgan fingerprint density at radius 2 is 2.04 bits per heavy atom. The molecule has 2 heterocycles. The SMILES string of the molecule is C[C@@H]1CN(C[C@@H](O)c2ccccc2)CCN1Cc1nccn1C. The topological polar surface area (TPSA) is 44.5 Å². The molecular formula is C18H26N4O. The summed E-state index contributed by atoms with van der Waals surface area (Å²) in [5.41, 5.74) is 0.996. The number of aliphatic hydroxyl groups is 1. The summed E-state index contributed by atoms with van der Waals surface area (Å²) >= 11 is 0. The van der Waals surface area contributed by atoms with Crippen molar-refractivity contribution in [3.63, 3.8) is 0 Å². The first-order chi connectivity index (χ1) is 11.1. The van der Waals surface area contributed by atoms with Crippen LogP contribution in [0.3, 0.4) is 0 Å². The zero-order valence-corrected chi connectivity index (χ0v) is 14.0. The lowest BCUT2D eigenvalue weighted by Gasteiger charge is -2.40. The van der Waals surface area contributed by atoms with Gasteiger partial charge in [0, 0.05) is 51.7 Å². The number of β-amino-alcohol motifs (C(OH)–C–C–N with tert-alkyl or cyclic N) is 1. The Balaban J connectivity index is 1.53. The molecule has 5 nitrogen and oxygen atoms in total. The molecule has 0 aliphatic carbocycles. The van der Waals surface area contributed by atoms with E-state index >= 15 is 0 Å². The van der Waals surface area contributed by atoms with E-state index in [0.717, 1.165) is 37.6 Å². The van der Waals surface area contributed by atoms with E-state index in [2.05, 4.69) is 26.3 Å². The number of piperazine rings is 1. The summed E-state index contributed by atoms with van der Waals surface area (Å²) in [5.74, 6) is 1.11. The van der Waals surface area contributed by atoms with Crippen LogP contribution in [0.5, 0.6) is 0 Å². The quantitative estimate of drug-likeness (QED) is 0.912. The maximum Gasteiger partial charge on any atom is 0.122 e. The van der Waals surface area contributed by atoms with Gasteiger partial charge in [0.1, 0.15) is 5.82 Å². The summed E-state index contributed by atoms with van der Waals surface area (Å²) in [7, 11) is 2.04. The first kappa shape index (κ1) is 16.2. The van der Waals surface area contributed by atoms with E-state index in [-0.39, 0.29) is 0 Å². The van der Waals surface area contributed by atoms with Crippen molar-refractivity contribution in [2.75, 3.05) is 26.2 Å². The van der Waals surface area contributed by atoms with E-state index in [1.54, 1.807) is 0 Å². The largest absolute Gasteiger partial charge is 0.387 e. The highest BCUT2D eigenvalue weighted by Crippen LogP contribution is 2.18. The van der Waals surface area contributed by atoms with Crippen LogP contribution in [0.1, 0.15) is 24.4 Å². The number of aryl methyl sites for hydroxylation is 1. The van der Waals surface area contributed by atoms with E-state index in [9.17, 15) is 5.11 Å². The van der Waals surface area contributed by atoms with Gasteiger partial charge >= 0.3 is 0 Å². The zero-order chi connectivity index (χ0) is 16.2. The van der Waals surface area contributed by atoms with Crippen molar-refractivity contribution in [2.45, 2.75) is 25.6 Å². The highest BCUT2D eigenvalue weighted by molar-refractivity contribution is 5.17. The molecule has 0 bridgehead atoms. The first-order valence-electron chi connectivity index (χ1n) is 8.29. The molecule has 0 spiro atoms. The normalized spacial score (nSPS) is 21.4. The second-order valence-corrected chi connectivity index (χ2v) is 6.46. The molecule has 124 valence electrons. The molecular weight excluding hydrogens is 288 g/mol. The highest BCUT2D eigenvalue weighted by atomic mass is 16.3. The fourth-order valence-electron chi connectivity index (χ4n) is 3.23. The van der Waals surface area contributed by atoms with Crippen molar-refractivity contribution < 1.29 is 5.11 Å². The van der Waals surface area contributed by atoms with Crippen molar-refractivity contribution in [3.05, 3.63) is 54.1 Å². The minimum absolute atomic E-state index is 0.413. The van der Waals surface area contributed by atoms with Gasteiger partial charge in [-0.05, 0) is 12.5 Å². The lowest BCUT2D eigenvalue weighted by atomic mass is 10.1. The summed E-state index contributed by atoms with van der Waals surface area (Å²) in [6.45, 7) is 6.82. The van der Waals surface area contributed by atoms with Gasteiger partial charge in [0.15, 0.2) is 0 Å². The molecule has 1 aliphatic rings. The molecule has 0 unspecified atom stereocenters. The molecule has 1 aliphatic heterocycles. The van der Waals surface area contributed by atoms with Gasteiger partial charge in [0.25, 0.3) is 0 Å². The maximum atomic E-state index is 10.4. The van der Waals surface area contributed by atoms with Gasteiger partial charge in [-0.3, -0.25) is 9.80 Å². The summed E-state index contributed by atoms with van der Waals surface area (Å²) in [6.07, 6.45) is 3.43. The molecule has 0 amide bonds. The number of nitrogens with zero attached hydrogens (tertiary/aromatic N) is 4. The van der Waals surface area contributed by atoms with E-state index in [1.165, 1.54) is 0 Å². The molecule has 1 aromatic carbocycles. The van der Waals surface area contributed by atoms with E-state index in [1.807, 2.05) is 49.8 Å². The van der Waals surface area contributed by atoms with Crippen LogP contribution < -0.4 is 0 Å². The van der Waals surface area contributed by atoms with E-state index in [4.69, 9.17) is 0 Å². The van der Waals surface area contributed by atoms with Gasteiger partial charge in [-0.15, -0.1) is 0 Å². The van der Waals surface area contributed by atoms with Gasteiger partial charge in [0.05, 0.1) is 12.6 Å². The van der Waals surface area contributed by atoms with Crippen molar-refractivity contribution in [1.29, 1.82) is 0 Å². The second kappa shape index (κ2) is 7.25. The predicted molar refractivity (Wildman–Crippen MR) is 90.9 cm³/mol. The van der Waals surface area contributed by atoms with Crippen molar-refractivity contribution in [2.24, 2.45) is 7.05 Å². The van der Waals surface area contributed by atoms with Crippen molar-refractivity contribution in [1.82, 2.24) is 19.4 Å². The summed E-state index contributed by atoms with van der Waals surface area (Å²) in [6, 6.07) is 10.4. The summed E-state index contributed by atoms with van der Waals surface area (Å²) in [5, 5.41) is 10.4. The Morgan fingerprint density at radius 1 is 1.26 bits per heavy atom. The van der Waals surface area contributed by atoms with Gasteiger partial charge in [-0.25, -0.2) is 4.98 Å². The highest BCUT2D eigenvalue weighted by Gasteiger charge is 2.26. The maximum absolute atomic E-state index is 10.4. The molecule has 1 saturated heterocycles. The first-order valence-corrected chi connectivity index (χ1v) is 8.29. The molecule has 2 aromatic rings. The average Bonchev–Trinajstić information content (AvgIpc) is 2.96. The van der Waals surface area contributed by atoms with Crippen LogP contribution in [0.15, 0.2) is 42.7 Å². The summed E-state index contributed by atoms with van der Waals surface area (Å²) in [4.78, 5) is 9.24. The third-order valence-corrected chi connectivity index (χ3v) is 4.73. The molecule has 0 saturated carbocycles. The Morgan fingerprint density at radius 3 is 2.70 bits per heavy atom. The minimum atomic E-state index is -0.413. The number of aliphatic hydroxyl groups excluding tert-OH is 1. The Kier molecular flexibility index (Phi) is 5.10. The number of hydrogen-bond acceptors (Lipinski definition) is 4. The van der Waals surface area contributed by atoms with Crippen LogP contribution >= 0.6 is 0 Å². The van der Waals surface area contributed by atoms with E-state index < -0.39 is 6.10 Å². The van der Waals surface area contributed by atoms with Crippen LogP contribution in [0.25, 0.3) is 0 Å². The third-order valence-electron chi connectivity index (χ3n) is 4.73. The lowest BCUT2D eigenvalue weighted by molar-refractivity contribution is 0.0402. The minimum Gasteiger partial charge on any atom is -0.387 e. The molecule has 1 aromatic heterocycles. The molecule has 0 radical (unpaired) electrons. The second-order valence-electron chi connectivity index (χ2n) is 6.46.